The fourth-order valence-corrected chi connectivity index (χ4v) is 4.80. The highest BCUT2D eigenvalue weighted by Crippen LogP contribution is 2.44. The van der Waals surface area contributed by atoms with Crippen LogP contribution in [0.3, 0.4) is 0 Å². The number of hydrogen-bond acceptors (Lipinski definition) is 2. The largest absolute Gasteiger partial charge is 0.361 e. The monoisotopic (exact) mass is 325 g/mol. The standard InChI is InChI=1S/C20H27N3O/c1-3-7-21-19(24)9-13-8-16-15-5-4-6-17-20(15)14(11-22-17)10-18(16)23(2)12-13/h4-6,11,13,16,18,22H,3,7-10,12H2,1-2H3,(H,21,24)/t13-,16?,18+/m0/s1. The topological polar surface area (TPSA) is 48.1 Å². The lowest BCUT2D eigenvalue weighted by Crippen LogP contribution is -2.48. The predicted molar refractivity (Wildman–Crippen MR) is 97.2 cm³/mol. The zero-order chi connectivity index (χ0) is 16.7. The number of H-pyrrole nitrogens is 1. The number of likely N-dealkylation sites (N-methyl/N-ethyl adjacent to an activating group) is 1. The van der Waals surface area contributed by atoms with E-state index in [1.165, 1.54) is 22.0 Å². The smallest absolute Gasteiger partial charge is 0.220 e. The van der Waals surface area contributed by atoms with Crippen LogP contribution in [0, 0.1) is 5.92 Å². The Bertz CT molecular complexity index is 750. The van der Waals surface area contributed by atoms with E-state index in [-0.39, 0.29) is 5.91 Å². The molecule has 0 radical (unpaired) electrons. The quantitative estimate of drug-likeness (QED) is 0.908. The zero-order valence-electron chi connectivity index (χ0n) is 14.6. The molecule has 1 aromatic carbocycles. The van der Waals surface area contributed by atoms with E-state index in [2.05, 4.69) is 53.6 Å². The summed E-state index contributed by atoms with van der Waals surface area (Å²) in [5, 5.41) is 4.47. The maximum absolute atomic E-state index is 12.1. The molecule has 1 aromatic heterocycles. The number of hydrogen-bond donors (Lipinski definition) is 2. The summed E-state index contributed by atoms with van der Waals surface area (Å²) in [6.45, 7) is 3.91. The SMILES string of the molecule is CCCNC(=O)C[C@@H]1CC2c3cccc4[nH]cc(c34)C[C@H]2N(C)C1. The second kappa shape index (κ2) is 6.25. The van der Waals surface area contributed by atoms with Gasteiger partial charge in [0.05, 0.1) is 0 Å². The van der Waals surface area contributed by atoms with Gasteiger partial charge in [-0.25, -0.2) is 0 Å². The van der Waals surface area contributed by atoms with Crippen LogP contribution in [0.2, 0.25) is 0 Å². The minimum atomic E-state index is 0.213. The van der Waals surface area contributed by atoms with Crippen molar-refractivity contribution >= 4 is 16.8 Å². The highest BCUT2D eigenvalue weighted by Gasteiger charge is 2.39. The van der Waals surface area contributed by atoms with Gasteiger partial charge in [0.1, 0.15) is 0 Å². The molecule has 1 saturated heterocycles. The van der Waals surface area contributed by atoms with Crippen molar-refractivity contribution in [2.24, 2.45) is 5.92 Å². The molecule has 3 atom stereocenters. The lowest BCUT2D eigenvalue weighted by atomic mass is 9.72. The maximum atomic E-state index is 12.1. The number of likely N-dealkylation sites (tertiary alicyclic amines) is 1. The number of fused-ring (bicyclic) bond motifs is 2. The average molecular weight is 325 g/mol. The molecule has 0 saturated carbocycles. The molecule has 1 unspecified atom stereocenters. The van der Waals surface area contributed by atoms with Crippen LogP contribution in [0.25, 0.3) is 10.9 Å². The van der Waals surface area contributed by atoms with E-state index < -0.39 is 0 Å². The molecule has 1 fully saturated rings. The number of rotatable bonds is 4. The summed E-state index contributed by atoms with van der Waals surface area (Å²) in [4.78, 5) is 18.1. The Morgan fingerprint density at radius 2 is 2.29 bits per heavy atom. The van der Waals surface area contributed by atoms with Crippen LogP contribution >= 0.6 is 0 Å². The average Bonchev–Trinajstić information content (AvgIpc) is 2.99. The second-order valence-corrected chi connectivity index (χ2v) is 7.56. The van der Waals surface area contributed by atoms with E-state index in [1.807, 2.05) is 0 Å². The summed E-state index contributed by atoms with van der Waals surface area (Å²) in [6.07, 6.45) is 6.08. The molecule has 4 rings (SSSR count). The first-order chi connectivity index (χ1) is 11.7. The van der Waals surface area contributed by atoms with Gasteiger partial charge in [-0.15, -0.1) is 0 Å². The highest BCUT2D eigenvalue weighted by atomic mass is 16.1. The molecule has 4 nitrogen and oxygen atoms in total. The number of benzene rings is 1. The van der Waals surface area contributed by atoms with Gasteiger partial charge in [-0.1, -0.05) is 19.1 Å². The van der Waals surface area contributed by atoms with Crippen LogP contribution in [0.1, 0.15) is 43.2 Å². The summed E-state index contributed by atoms with van der Waals surface area (Å²) >= 11 is 0. The van der Waals surface area contributed by atoms with Crippen LogP contribution in [-0.4, -0.2) is 42.0 Å². The molecule has 4 heteroatoms. The number of aromatic amines is 1. The number of carbonyl (C=O) groups is 1. The normalized spacial score (nSPS) is 26.3. The van der Waals surface area contributed by atoms with E-state index in [9.17, 15) is 4.79 Å². The van der Waals surface area contributed by atoms with Crippen molar-refractivity contribution in [1.29, 1.82) is 0 Å². The summed E-state index contributed by atoms with van der Waals surface area (Å²) in [7, 11) is 2.23. The van der Waals surface area contributed by atoms with Crippen molar-refractivity contribution < 1.29 is 4.79 Å². The van der Waals surface area contributed by atoms with Crippen LogP contribution in [0.4, 0.5) is 0 Å². The zero-order valence-corrected chi connectivity index (χ0v) is 14.6. The first kappa shape index (κ1) is 15.7. The van der Waals surface area contributed by atoms with Gasteiger partial charge in [0, 0.05) is 48.6 Å². The molecule has 128 valence electrons. The van der Waals surface area contributed by atoms with E-state index in [1.54, 1.807) is 0 Å². The minimum Gasteiger partial charge on any atom is -0.361 e. The molecular weight excluding hydrogens is 298 g/mol. The lowest BCUT2D eigenvalue weighted by Gasteiger charge is -2.45. The summed E-state index contributed by atoms with van der Waals surface area (Å²) < 4.78 is 0. The molecule has 0 bridgehead atoms. The predicted octanol–water partition coefficient (Wildman–Crippen LogP) is 3.04. The van der Waals surface area contributed by atoms with E-state index in [4.69, 9.17) is 0 Å². The fourth-order valence-electron chi connectivity index (χ4n) is 4.80. The summed E-state index contributed by atoms with van der Waals surface area (Å²) in [5.74, 6) is 1.20. The number of nitrogens with zero attached hydrogens (tertiary/aromatic N) is 1. The van der Waals surface area contributed by atoms with Gasteiger partial charge in [0.25, 0.3) is 0 Å². The van der Waals surface area contributed by atoms with Crippen LogP contribution in [0.15, 0.2) is 24.4 Å². The third-order valence-corrected chi connectivity index (χ3v) is 5.86. The molecule has 2 aromatic rings. The van der Waals surface area contributed by atoms with E-state index in [0.29, 0.717) is 24.3 Å². The number of nitrogens with one attached hydrogen (secondary N) is 2. The number of carbonyl (C=O) groups excluding carboxylic acids is 1. The van der Waals surface area contributed by atoms with Gasteiger partial charge >= 0.3 is 0 Å². The lowest BCUT2D eigenvalue weighted by molar-refractivity contribution is -0.122. The van der Waals surface area contributed by atoms with Crippen molar-refractivity contribution in [1.82, 2.24) is 15.2 Å². The van der Waals surface area contributed by atoms with E-state index >= 15 is 0 Å². The fraction of sp³-hybridized carbons (Fsp3) is 0.550. The number of amides is 1. The molecule has 1 amide bonds. The second-order valence-electron chi connectivity index (χ2n) is 7.56. The van der Waals surface area contributed by atoms with Crippen molar-refractivity contribution in [3.8, 4) is 0 Å². The Morgan fingerprint density at radius 1 is 1.42 bits per heavy atom. The van der Waals surface area contributed by atoms with Crippen LogP contribution < -0.4 is 5.32 Å². The Balaban J connectivity index is 1.58. The summed E-state index contributed by atoms with van der Waals surface area (Å²) in [5.41, 5.74) is 4.18. The van der Waals surface area contributed by atoms with Crippen molar-refractivity contribution in [2.45, 2.75) is 44.6 Å². The molecule has 24 heavy (non-hydrogen) atoms. The third-order valence-electron chi connectivity index (χ3n) is 5.86. The van der Waals surface area contributed by atoms with Crippen LogP contribution in [0.5, 0.6) is 0 Å². The van der Waals surface area contributed by atoms with Gasteiger partial charge in [-0.2, -0.15) is 0 Å². The number of aromatic nitrogens is 1. The van der Waals surface area contributed by atoms with Gasteiger partial charge in [-0.3, -0.25) is 4.79 Å². The summed E-state index contributed by atoms with van der Waals surface area (Å²) in [6, 6.07) is 7.20. The molecule has 2 aliphatic rings. The Kier molecular flexibility index (Phi) is 4.09. The van der Waals surface area contributed by atoms with Crippen molar-refractivity contribution in [3.63, 3.8) is 0 Å². The van der Waals surface area contributed by atoms with Crippen molar-refractivity contribution in [2.75, 3.05) is 20.1 Å². The molecule has 1 aliphatic carbocycles. The first-order valence-electron chi connectivity index (χ1n) is 9.23. The molecule has 2 N–H and O–H groups in total. The number of piperidine rings is 1. The van der Waals surface area contributed by atoms with Gasteiger partial charge in [0.2, 0.25) is 5.91 Å². The van der Waals surface area contributed by atoms with Gasteiger partial charge in [-0.05, 0) is 49.4 Å². The van der Waals surface area contributed by atoms with Crippen molar-refractivity contribution in [3.05, 3.63) is 35.5 Å². The Morgan fingerprint density at radius 3 is 3.12 bits per heavy atom. The van der Waals surface area contributed by atoms with E-state index in [0.717, 1.165) is 32.4 Å². The Hall–Kier alpha value is -1.81. The molecule has 1 aliphatic heterocycles. The highest BCUT2D eigenvalue weighted by molar-refractivity contribution is 5.88. The molecular formula is C20H27N3O. The molecule has 2 heterocycles. The van der Waals surface area contributed by atoms with Crippen LogP contribution in [-0.2, 0) is 11.2 Å². The van der Waals surface area contributed by atoms with Gasteiger partial charge in [0.15, 0.2) is 0 Å². The maximum Gasteiger partial charge on any atom is 0.220 e. The first-order valence-corrected chi connectivity index (χ1v) is 9.23. The van der Waals surface area contributed by atoms with Gasteiger partial charge < -0.3 is 15.2 Å². The third kappa shape index (κ3) is 2.63. The minimum absolute atomic E-state index is 0.213. The Labute approximate surface area is 143 Å². The molecule has 0 spiro atoms.